The van der Waals surface area contributed by atoms with Gasteiger partial charge in [0.2, 0.25) is 0 Å². The van der Waals surface area contributed by atoms with Crippen molar-refractivity contribution >= 4 is 0 Å². The van der Waals surface area contributed by atoms with Crippen LogP contribution in [0.1, 0.15) is 39.0 Å². The summed E-state index contributed by atoms with van der Waals surface area (Å²) in [4.78, 5) is 4.02. The fourth-order valence-electron chi connectivity index (χ4n) is 2.60. The second-order valence-corrected chi connectivity index (χ2v) is 5.74. The zero-order valence-electron chi connectivity index (χ0n) is 11.3. The SMILES string of the molecule is CC1CCC(O)(CNCCCn2ccnc2)CC1. The molecule has 1 saturated carbocycles. The van der Waals surface area contributed by atoms with Crippen molar-refractivity contribution in [1.29, 1.82) is 0 Å². The summed E-state index contributed by atoms with van der Waals surface area (Å²) in [6.07, 6.45) is 10.9. The Morgan fingerprint density at radius 2 is 2.22 bits per heavy atom. The zero-order chi connectivity index (χ0) is 12.8. The number of aryl methyl sites for hydroxylation is 1. The van der Waals surface area contributed by atoms with Gasteiger partial charge in [0.1, 0.15) is 0 Å². The number of imidazole rings is 1. The number of nitrogens with zero attached hydrogens (tertiary/aromatic N) is 2. The predicted molar refractivity (Wildman–Crippen MR) is 72.3 cm³/mol. The highest BCUT2D eigenvalue weighted by Gasteiger charge is 2.30. The van der Waals surface area contributed by atoms with Crippen LogP contribution < -0.4 is 5.32 Å². The van der Waals surface area contributed by atoms with Crippen LogP contribution in [0.4, 0.5) is 0 Å². The maximum absolute atomic E-state index is 10.4. The van der Waals surface area contributed by atoms with Crippen molar-refractivity contribution in [2.45, 2.75) is 51.2 Å². The van der Waals surface area contributed by atoms with Crippen LogP contribution in [-0.4, -0.2) is 33.3 Å². The number of aliphatic hydroxyl groups is 1. The molecule has 1 aromatic rings. The first-order chi connectivity index (χ1) is 8.68. The molecule has 0 saturated heterocycles. The molecule has 1 aliphatic rings. The average Bonchev–Trinajstić information content (AvgIpc) is 2.86. The van der Waals surface area contributed by atoms with Crippen molar-refractivity contribution in [1.82, 2.24) is 14.9 Å². The maximum Gasteiger partial charge on any atom is 0.0945 e. The van der Waals surface area contributed by atoms with Crippen LogP contribution in [-0.2, 0) is 6.54 Å². The van der Waals surface area contributed by atoms with E-state index in [-0.39, 0.29) is 0 Å². The molecule has 0 atom stereocenters. The lowest BCUT2D eigenvalue weighted by Gasteiger charge is -2.35. The molecule has 4 nitrogen and oxygen atoms in total. The van der Waals surface area contributed by atoms with Crippen molar-refractivity contribution < 1.29 is 5.11 Å². The van der Waals surface area contributed by atoms with Gasteiger partial charge >= 0.3 is 0 Å². The fraction of sp³-hybridized carbons (Fsp3) is 0.786. The molecule has 4 heteroatoms. The molecule has 102 valence electrons. The van der Waals surface area contributed by atoms with Gasteiger partial charge in [-0.3, -0.25) is 0 Å². The maximum atomic E-state index is 10.4. The monoisotopic (exact) mass is 251 g/mol. The highest BCUT2D eigenvalue weighted by molar-refractivity contribution is 4.86. The van der Waals surface area contributed by atoms with Crippen LogP contribution >= 0.6 is 0 Å². The summed E-state index contributed by atoms with van der Waals surface area (Å²) in [6, 6.07) is 0. The van der Waals surface area contributed by atoms with E-state index >= 15 is 0 Å². The Balaban J connectivity index is 1.57. The Kier molecular flexibility index (Phi) is 4.78. The van der Waals surface area contributed by atoms with Gasteiger partial charge in [-0.05, 0) is 44.6 Å². The largest absolute Gasteiger partial charge is 0.389 e. The molecule has 0 amide bonds. The van der Waals surface area contributed by atoms with Crippen molar-refractivity contribution in [3.63, 3.8) is 0 Å². The van der Waals surface area contributed by atoms with Gasteiger partial charge in [0.25, 0.3) is 0 Å². The van der Waals surface area contributed by atoms with E-state index in [9.17, 15) is 5.11 Å². The van der Waals surface area contributed by atoms with Gasteiger partial charge in [0.15, 0.2) is 0 Å². The molecule has 0 bridgehead atoms. The standard InChI is InChI=1S/C14H25N3O/c1-13-3-5-14(18,6-4-13)11-15-7-2-9-17-10-8-16-12-17/h8,10,12-13,15,18H,2-7,9,11H2,1H3. The van der Waals surface area contributed by atoms with Gasteiger partial charge in [0, 0.05) is 25.5 Å². The minimum Gasteiger partial charge on any atom is -0.389 e. The Morgan fingerprint density at radius 1 is 1.44 bits per heavy atom. The lowest BCUT2D eigenvalue weighted by molar-refractivity contribution is -0.00597. The summed E-state index contributed by atoms with van der Waals surface area (Å²) < 4.78 is 2.08. The number of aromatic nitrogens is 2. The van der Waals surface area contributed by atoms with Gasteiger partial charge in [0.05, 0.1) is 11.9 Å². The Labute approximate surface area is 109 Å². The van der Waals surface area contributed by atoms with Crippen molar-refractivity contribution in [3.05, 3.63) is 18.7 Å². The smallest absolute Gasteiger partial charge is 0.0945 e. The predicted octanol–water partition coefficient (Wildman–Crippen LogP) is 1.80. The number of hydrogen-bond acceptors (Lipinski definition) is 3. The van der Waals surface area contributed by atoms with E-state index in [2.05, 4.69) is 21.8 Å². The number of rotatable bonds is 6. The molecular weight excluding hydrogens is 226 g/mol. The molecule has 2 N–H and O–H groups in total. The third-order valence-electron chi connectivity index (χ3n) is 3.99. The summed E-state index contributed by atoms with van der Waals surface area (Å²) in [5.41, 5.74) is -0.457. The number of nitrogens with one attached hydrogen (secondary N) is 1. The Bertz CT molecular complexity index is 329. The Hall–Kier alpha value is -0.870. The molecule has 1 fully saturated rings. The van der Waals surface area contributed by atoms with Crippen molar-refractivity contribution in [2.24, 2.45) is 5.92 Å². The minimum absolute atomic E-state index is 0.457. The first kappa shape index (κ1) is 13.6. The molecule has 0 spiro atoms. The molecule has 1 heterocycles. The topological polar surface area (TPSA) is 50.1 Å². The van der Waals surface area contributed by atoms with Crippen LogP contribution in [0.25, 0.3) is 0 Å². The van der Waals surface area contributed by atoms with Crippen LogP contribution in [0, 0.1) is 5.92 Å². The van der Waals surface area contributed by atoms with E-state index in [1.807, 2.05) is 12.5 Å². The highest BCUT2D eigenvalue weighted by Crippen LogP contribution is 2.31. The molecule has 0 aromatic carbocycles. The van der Waals surface area contributed by atoms with E-state index < -0.39 is 5.60 Å². The Morgan fingerprint density at radius 3 is 2.89 bits per heavy atom. The van der Waals surface area contributed by atoms with Gasteiger partial charge in [-0.2, -0.15) is 0 Å². The molecule has 1 aliphatic carbocycles. The second kappa shape index (κ2) is 6.34. The minimum atomic E-state index is -0.457. The average molecular weight is 251 g/mol. The summed E-state index contributed by atoms with van der Waals surface area (Å²) >= 11 is 0. The van der Waals surface area contributed by atoms with Gasteiger partial charge < -0.3 is 15.0 Å². The molecule has 18 heavy (non-hydrogen) atoms. The zero-order valence-corrected chi connectivity index (χ0v) is 11.3. The third-order valence-corrected chi connectivity index (χ3v) is 3.99. The van der Waals surface area contributed by atoms with Crippen molar-refractivity contribution in [3.8, 4) is 0 Å². The van der Waals surface area contributed by atoms with Gasteiger partial charge in [-0.1, -0.05) is 6.92 Å². The summed E-state index contributed by atoms with van der Waals surface area (Å²) in [6.45, 7) is 4.96. The van der Waals surface area contributed by atoms with Crippen LogP contribution in [0.15, 0.2) is 18.7 Å². The van der Waals surface area contributed by atoms with E-state index in [1.165, 1.54) is 0 Å². The second-order valence-electron chi connectivity index (χ2n) is 5.74. The van der Waals surface area contributed by atoms with E-state index in [0.717, 1.165) is 57.7 Å². The van der Waals surface area contributed by atoms with Crippen LogP contribution in [0.2, 0.25) is 0 Å². The van der Waals surface area contributed by atoms with Gasteiger partial charge in [-0.25, -0.2) is 4.98 Å². The van der Waals surface area contributed by atoms with Crippen molar-refractivity contribution in [2.75, 3.05) is 13.1 Å². The fourth-order valence-corrected chi connectivity index (χ4v) is 2.60. The summed E-state index contributed by atoms with van der Waals surface area (Å²) in [5.74, 6) is 0.784. The van der Waals surface area contributed by atoms with E-state index in [4.69, 9.17) is 0 Å². The normalized spacial score (nSPS) is 28.4. The molecule has 0 unspecified atom stereocenters. The summed E-state index contributed by atoms with van der Waals surface area (Å²) in [7, 11) is 0. The van der Waals surface area contributed by atoms with Crippen LogP contribution in [0.5, 0.6) is 0 Å². The quantitative estimate of drug-likeness (QED) is 0.758. The first-order valence-electron chi connectivity index (χ1n) is 7.07. The van der Waals surface area contributed by atoms with E-state index in [0.29, 0.717) is 0 Å². The number of hydrogen-bond donors (Lipinski definition) is 2. The highest BCUT2D eigenvalue weighted by atomic mass is 16.3. The van der Waals surface area contributed by atoms with E-state index in [1.54, 1.807) is 6.20 Å². The molecule has 1 aromatic heterocycles. The lowest BCUT2D eigenvalue weighted by atomic mass is 9.79. The van der Waals surface area contributed by atoms with Crippen LogP contribution in [0.3, 0.4) is 0 Å². The third kappa shape index (κ3) is 4.10. The molecular formula is C14H25N3O. The first-order valence-corrected chi connectivity index (χ1v) is 7.07. The lowest BCUT2D eigenvalue weighted by Crippen LogP contribution is -2.43. The molecule has 0 radical (unpaired) electrons. The molecule has 0 aliphatic heterocycles. The van der Waals surface area contributed by atoms with Gasteiger partial charge in [-0.15, -0.1) is 0 Å². The summed E-state index contributed by atoms with van der Waals surface area (Å²) in [5, 5.41) is 13.8. The molecule has 2 rings (SSSR count).